The molecule has 0 bridgehead atoms. The standard InChI is InChI=1S/C12H11Br2ClN2O2S2/c1-21(18,19)17-7-2-3-10(15)11(4-7)16-6-8-5-9(13)12(14)20-8/h2-5,16-17H,6H2,1H3. The maximum Gasteiger partial charge on any atom is 0.229 e. The lowest BCUT2D eigenvalue weighted by molar-refractivity contribution is 0.607. The fourth-order valence-corrected chi connectivity index (χ4v) is 4.46. The monoisotopic (exact) mass is 472 g/mol. The van der Waals surface area contributed by atoms with Gasteiger partial charge in [-0.15, -0.1) is 11.3 Å². The number of thiophene rings is 1. The molecule has 0 aliphatic rings. The van der Waals surface area contributed by atoms with Crippen molar-refractivity contribution in [3.63, 3.8) is 0 Å². The zero-order valence-corrected chi connectivity index (χ0v) is 16.3. The largest absolute Gasteiger partial charge is 0.379 e. The van der Waals surface area contributed by atoms with Gasteiger partial charge < -0.3 is 5.32 Å². The predicted molar refractivity (Wildman–Crippen MR) is 97.0 cm³/mol. The highest BCUT2D eigenvalue weighted by Crippen LogP contribution is 2.33. The second-order valence-electron chi connectivity index (χ2n) is 4.26. The second-order valence-corrected chi connectivity index (χ2v) is 9.72. The molecule has 2 aromatic rings. The van der Waals surface area contributed by atoms with Gasteiger partial charge in [0.25, 0.3) is 0 Å². The van der Waals surface area contributed by atoms with E-state index in [4.69, 9.17) is 11.6 Å². The minimum absolute atomic E-state index is 0.470. The van der Waals surface area contributed by atoms with Gasteiger partial charge in [-0.2, -0.15) is 0 Å². The third-order valence-corrected chi connectivity index (χ3v) is 6.61. The molecule has 1 aromatic heterocycles. The molecule has 0 unspecified atom stereocenters. The van der Waals surface area contributed by atoms with Crippen LogP contribution in [0.4, 0.5) is 11.4 Å². The zero-order valence-electron chi connectivity index (χ0n) is 10.8. The number of sulfonamides is 1. The number of rotatable bonds is 5. The fourth-order valence-electron chi connectivity index (χ4n) is 1.60. The SMILES string of the molecule is CS(=O)(=O)Nc1ccc(Cl)c(NCc2cc(Br)c(Br)s2)c1. The molecule has 114 valence electrons. The summed E-state index contributed by atoms with van der Waals surface area (Å²) in [7, 11) is -3.31. The van der Waals surface area contributed by atoms with Crippen molar-refractivity contribution in [1.29, 1.82) is 0 Å². The van der Waals surface area contributed by atoms with E-state index in [9.17, 15) is 8.42 Å². The van der Waals surface area contributed by atoms with Crippen LogP contribution in [0.5, 0.6) is 0 Å². The summed E-state index contributed by atoms with van der Waals surface area (Å²) in [4.78, 5) is 1.12. The molecule has 2 rings (SSSR count). The molecular formula is C12H11Br2ClN2O2S2. The van der Waals surface area contributed by atoms with E-state index in [0.29, 0.717) is 22.9 Å². The van der Waals surface area contributed by atoms with Crippen molar-refractivity contribution < 1.29 is 8.42 Å². The van der Waals surface area contributed by atoms with Gasteiger partial charge in [0, 0.05) is 15.9 Å². The van der Waals surface area contributed by atoms with E-state index in [1.165, 1.54) is 0 Å². The van der Waals surface area contributed by atoms with E-state index in [-0.39, 0.29) is 0 Å². The summed E-state index contributed by atoms with van der Waals surface area (Å²) in [5.74, 6) is 0. The minimum atomic E-state index is -3.31. The quantitative estimate of drug-likeness (QED) is 0.647. The number of hydrogen-bond acceptors (Lipinski definition) is 4. The van der Waals surface area contributed by atoms with Crippen molar-refractivity contribution in [2.45, 2.75) is 6.54 Å². The molecule has 0 radical (unpaired) electrons. The Hall–Kier alpha value is -0.280. The second kappa shape index (κ2) is 6.87. The van der Waals surface area contributed by atoms with E-state index in [1.807, 2.05) is 6.07 Å². The minimum Gasteiger partial charge on any atom is -0.379 e. The molecule has 9 heteroatoms. The van der Waals surface area contributed by atoms with Gasteiger partial charge >= 0.3 is 0 Å². The van der Waals surface area contributed by atoms with Crippen LogP contribution in [0.25, 0.3) is 0 Å². The fraction of sp³-hybridized carbons (Fsp3) is 0.167. The smallest absolute Gasteiger partial charge is 0.229 e. The Balaban J connectivity index is 2.13. The van der Waals surface area contributed by atoms with Gasteiger partial charge in [0.05, 0.1) is 26.4 Å². The molecule has 0 saturated heterocycles. The first-order valence-electron chi connectivity index (χ1n) is 5.69. The molecule has 1 aromatic carbocycles. The average Bonchev–Trinajstić information content (AvgIpc) is 2.68. The Kier molecular flexibility index (Phi) is 5.59. The third kappa shape index (κ3) is 5.14. The van der Waals surface area contributed by atoms with E-state index in [1.54, 1.807) is 29.5 Å². The molecule has 0 spiro atoms. The Morgan fingerprint density at radius 1 is 1.29 bits per heavy atom. The Bertz CT molecular complexity index is 743. The molecule has 0 aliphatic heterocycles. The molecule has 0 saturated carbocycles. The summed E-state index contributed by atoms with van der Waals surface area (Å²) >= 11 is 14.6. The van der Waals surface area contributed by atoms with E-state index < -0.39 is 10.0 Å². The van der Waals surface area contributed by atoms with Crippen LogP contribution < -0.4 is 10.0 Å². The molecule has 2 N–H and O–H groups in total. The summed E-state index contributed by atoms with van der Waals surface area (Å²) in [6.07, 6.45) is 1.11. The van der Waals surface area contributed by atoms with Crippen molar-refractivity contribution >= 4 is 76.2 Å². The van der Waals surface area contributed by atoms with Crippen LogP contribution in [0.1, 0.15) is 4.88 Å². The van der Waals surface area contributed by atoms with Crippen LogP contribution in [0.15, 0.2) is 32.5 Å². The van der Waals surface area contributed by atoms with Gasteiger partial charge in [-0.1, -0.05) is 11.6 Å². The third-order valence-electron chi connectivity index (χ3n) is 2.42. The van der Waals surface area contributed by atoms with Crippen LogP contribution in [-0.2, 0) is 16.6 Å². The van der Waals surface area contributed by atoms with Gasteiger partial charge in [-0.25, -0.2) is 8.42 Å². The highest BCUT2D eigenvalue weighted by Gasteiger charge is 2.08. The predicted octanol–water partition coefficient (Wildman–Crippen LogP) is 4.91. The number of benzene rings is 1. The first kappa shape index (κ1) is 17.1. The summed E-state index contributed by atoms with van der Waals surface area (Å²) in [5, 5.41) is 3.73. The highest BCUT2D eigenvalue weighted by atomic mass is 79.9. The van der Waals surface area contributed by atoms with E-state index in [2.05, 4.69) is 41.9 Å². The van der Waals surface area contributed by atoms with Gasteiger partial charge in [-0.3, -0.25) is 4.72 Å². The maximum absolute atomic E-state index is 11.2. The molecule has 0 aliphatic carbocycles. The number of anilines is 2. The number of hydrogen-bond donors (Lipinski definition) is 2. The summed E-state index contributed by atoms with van der Waals surface area (Å²) in [6.45, 7) is 0.594. The normalized spacial score (nSPS) is 11.4. The highest BCUT2D eigenvalue weighted by molar-refractivity contribution is 9.13. The van der Waals surface area contributed by atoms with Gasteiger partial charge in [0.2, 0.25) is 10.0 Å². The van der Waals surface area contributed by atoms with E-state index >= 15 is 0 Å². The first-order chi connectivity index (χ1) is 9.74. The van der Waals surface area contributed by atoms with E-state index in [0.717, 1.165) is 19.4 Å². The van der Waals surface area contributed by atoms with Crippen LogP contribution in [-0.4, -0.2) is 14.7 Å². The number of nitrogens with one attached hydrogen (secondary N) is 2. The average molecular weight is 475 g/mol. The summed E-state index contributed by atoms with van der Waals surface area (Å²) < 4.78 is 26.9. The topological polar surface area (TPSA) is 58.2 Å². The molecule has 0 atom stereocenters. The van der Waals surface area contributed by atoms with Crippen molar-refractivity contribution in [3.8, 4) is 0 Å². The number of halogens is 3. The Labute approximate surface area is 149 Å². The van der Waals surface area contributed by atoms with Gasteiger partial charge in [0.15, 0.2) is 0 Å². The van der Waals surface area contributed by atoms with Gasteiger partial charge in [0.1, 0.15) is 0 Å². The summed E-state index contributed by atoms with van der Waals surface area (Å²) in [6, 6.07) is 6.94. The lowest BCUT2D eigenvalue weighted by Crippen LogP contribution is -2.09. The lowest BCUT2D eigenvalue weighted by Gasteiger charge is -2.10. The summed E-state index contributed by atoms with van der Waals surface area (Å²) in [5.41, 5.74) is 1.14. The molecule has 0 fully saturated rings. The molecule has 0 amide bonds. The van der Waals surface area contributed by atoms with Crippen LogP contribution >= 0.6 is 54.8 Å². The van der Waals surface area contributed by atoms with Crippen LogP contribution in [0, 0.1) is 0 Å². The lowest BCUT2D eigenvalue weighted by atomic mass is 10.3. The van der Waals surface area contributed by atoms with Crippen molar-refractivity contribution in [3.05, 3.63) is 42.4 Å². The first-order valence-corrected chi connectivity index (χ1v) is 10.4. The van der Waals surface area contributed by atoms with Gasteiger partial charge in [-0.05, 0) is 56.1 Å². The van der Waals surface area contributed by atoms with Crippen molar-refractivity contribution in [2.24, 2.45) is 0 Å². The van der Waals surface area contributed by atoms with Crippen molar-refractivity contribution in [1.82, 2.24) is 0 Å². The zero-order chi connectivity index (χ0) is 15.6. The van der Waals surface area contributed by atoms with Crippen LogP contribution in [0.3, 0.4) is 0 Å². The molecule has 1 heterocycles. The molecule has 21 heavy (non-hydrogen) atoms. The maximum atomic E-state index is 11.2. The Morgan fingerprint density at radius 2 is 2.00 bits per heavy atom. The molecule has 4 nitrogen and oxygen atoms in total. The van der Waals surface area contributed by atoms with Crippen molar-refractivity contribution in [2.75, 3.05) is 16.3 Å². The Morgan fingerprint density at radius 3 is 2.57 bits per heavy atom. The van der Waals surface area contributed by atoms with Crippen LogP contribution in [0.2, 0.25) is 5.02 Å². The molecular weight excluding hydrogens is 464 g/mol.